The van der Waals surface area contributed by atoms with Crippen LogP contribution in [0.2, 0.25) is 5.02 Å². The third-order valence-corrected chi connectivity index (χ3v) is 6.10. The summed E-state index contributed by atoms with van der Waals surface area (Å²) in [7, 11) is 0. The Hall–Kier alpha value is -1.53. The highest BCUT2D eigenvalue weighted by Crippen LogP contribution is 2.35. The Bertz CT molecular complexity index is 766. The monoisotopic (exact) mass is 377 g/mol. The van der Waals surface area contributed by atoms with Crippen molar-refractivity contribution in [3.05, 3.63) is 28.5 Å². The van der Waals surface area contributed by atoms with Crippen molar-refractivity contribution in [1.29, 1.82) is 5.41 Å². The zero-order valence-corrected chi connectivity index (χ0v) is 16.1. The summed E-state index contributed by atoms with van der Waals surface area (Å²) in [5.41, 5.74) is 2.40. The van der Waals surface area contributed by atoms with Crippen LogP contribution in [-0.2, 0) is 13.0 Å². The van der Waals surface area contributed by atoms with Gasteiger partial charge in [0.2, 0.25) is 0 Å². The van der Waals surface area contributed by atoms with Crippen molar-refractivity contribution in [3.8, 4) is 0 Å². The summed E-state index contributed by atoms with van der Waals surface area (Å²) in [6.07, 6.45) is 3.09. The summed E-state index contributed by atoms with van der Waals surface area (Å²) in [5.74, 6) is 0.784. The van der Waals surface area contributed by atoms with Crippen LogP contribution < -0.4 is 0 Å². The molecule has 0 amide bonds. The van der Waals surface area contributed by atoms with E-state index in [0.717, 1.165) is 37.2 Å². The number of rotatable bonds is 1. The second kappa shape index (κ2) is 6.57. The predicted molar refractivity (Wildman–Crippen MR) is 102 cm³/mol. The molecule has 0 spiro atoms. The summed E-state index contributed by atoms with van der Waals surface area (Å²) < 4.78 is 13.7. The van der Waals surface area contributed by atoms with Crippen LogP contribution in [0.5, 0.6) is 0 Å². The van der Waals surface area contributed by atoms with E-state index in [-0.39, 0.29) is 5.92 Å². The molecule has 26 heavy (non-hydrogen) atoms. The normalized spacial score (nSPS) is 32.5. The lowest BCUT2D eigenvalue weighted by atomic mass is 9.87. The van der Waals surface area contributed by atoms with Gasteiger partial charge in [-0.05, 0) is 31.4 Å². The number of likely N-dealkylation sites (tertiary alicyclic amines) is 1. The molecule has 0 saturated carbocycles. The van der Waals surface area contributed by atoms with E-state index < -0.39 is 11.8 Å². The molecule has 4 rings (SSSR count). The van der Waals surface area contributed by atoms with Crippen molar-refractivity contribution < 1.29 is 4.39 Å². The van der Waals surface area contributed by atoms with E-state index in [0.29, 0.717) is 36.1 Å². The molecule has 0 bridgehead atoms. The largest absolute Gasteiger partial charge is 0.352 e. The van der Waals surface area contributed by atoms with E-state index in [4.69, 9.17) is 22.0 Å². The van der Waals surface area contributed by atoms with E-state index in [9.17, 15) is 4.39 Å². The van der Waals surface area contributed by atoms with Crippen molar-refractivity contribution in [2.45, 2.75) is 51.5 Å². The minimum atomic E-state index is -0.816. The van der Waals surface area contributed by atoms with Gasteiger partial charge in [0.15, 0.2) is 0 Å². The summed E-state index contributed by atoms with van der Waals surface area (Å²) in [6.45, 7) is 6.85. The summed E-state index contributed by atoms with van der Waals surface area (Å²) in [4.78, 5) is 13.8. The number of aromatic nitrogens is 1. The molecule has 1 saturated heterocycles. The number of halogens is 2. The van der Waals surface area contributed by atoms with Crippen molar-refractivity contribution in [2.24, 2.45) is 10.9 Å². The van der Waals surface area contributed by atoms with Gasteiger partial charge in [-0.15, -0.1) is 0 Å². The van der Waals surface area contributed by atoms with Crippen LogP contribution in [-0.4, -0.2) is 57.8 Å². The Balaban J connectivity index is 1.64. The molecule has 3 aliphatic heterocycles. The first-order valence-electron chi connectivity index (χ1n) is 9.32. The van der Waals surface area contributed by atoms with E-state index in [1.54, 1.807) is 6.20 Å². The Morgan fingerprint density at radius 2 is 2.19 bits per heavy atom. The molecule has 3 atom stereocenters. The van der Waals surface area contributed by atoms with Gasteiger partial charge in [-0.25, -0.2) is 9.38 Å². The molecule has 1 N–H and O–H groups in total. The highest BCUT2D eigenvalue weighted by molar-refractivity contribution is 6.41. The topological polar surface area (TPSA) is 55.6 Å². The van der Waals surface area contributed by atoms with Crippen LogP contribution in [0.25, 0.3) is 0 Å². The molecule has 1 aromatic heterocycles. The molecule has 5 nitrogen and oxygen atoms in total. The van der Waals surface area contributed by atoms with E-state index in [1.807, 2.05) is 11.0 Å². The van der Waals surface area contributed by atoms with E-state index in [1.165, 1.54) is 0 Å². The van der Waals surface area contributed by atoms with Crippen molar-refractivity contribution >= 4 is 23.1 Å². The third kappa shape index (κ3) is 3.14. The van der Waals surface area contributed by atoms with Gasteiger partial charge in [0.25, 0.3) is 0 Å². The van der Waals surface area contributed by atoms with E-state index >= 15 is 0 Å². The van der Waals surface area contributed by atoms with E-state index in [2.05, 4.69) is 23.7 Å². The summed E-state index contributed by atoms with van der Waals surface area (Å²) >= 11 is 6.13. The average Bonchev–Trinajstić information content (AvgIpc) is 3.04. The lowest BCUT2D eigenvalue weighted by molar-refractivity contribution is 0.0762. The Kier molecular flexibility index (Phi) is 4.51. The standard InChI is InChI=1S/C19H25ClFN5/c1-12-8-19(2,24-18(17(12)22)25-5-3-15(21)11-25)26-6-4-16-13(10-26)7-14(20)9-23-16/h7,9,12,15,22H,3-6,8,10-11H2,1-2H3/t12?,15-,19?/m1/s1. The first kappa shape index (κ1) is 17.9. The van der Waals surface area contributed by atoms with Crippen LogP contribution in [0.15, 0.2) is 17.3 Å². The zero-order chi connectivity index (χ0) is 18.5. The van der Waals surface area contributed by atoms with Crippen LogP contribution >= 0.6 is 11.6 Å². The fraction of sp³-hybridized carbons (Fsp3) is 0.632. The number of hydrogen-bond acceptors (Lipinski definition) is 5. The molecule has 1 aromatic rings. The van der Waals surface area contributed by atoms with Gasteiger partial charge >= 0.3 is 0 Å². The number of alkyl halides is 1. The van der Waals surface area contributed by atoms with Gasteiger partial charge in [-0.2, -0.15) is 0 Å². The van der Waals surface area contributed by atoms with Crippen LogP contribution in [0.3, 0.4) is 0 Å². The fourth-order valence-corrected chi connectivity index (χ4v) is 4.58. The molecule has 2 unspecified atom stereocenters. The highest BCUT2D eigenvalue weighted by atomic mass is 35.5. The lowest BCUT2D eigenvalue weighted by Crippen LogP contribution is -2.54. The zero-order valence-electron chi connectivity index (χ0n) is 15.3. The number of nitrogens with one attached hydrogen (secondary N) is 1. The molecule has 0 aliphatic carbocycles. The maximum atomic E-state index is 13.7. The molecule has 3 aliphatic rings. The van der Waals surface area contributed by atoms with Crippen molar-refractivity contribution in [2.75, 3.05) is 19.6 Å². The van der Waals surface area contributed by atoms with Gasteiger partial charge in [0.05, 0.1) is 17.3 Å². The molecule has 0 radical (unpaired) electrons. The SMILES string of the molecule is CC1CC(C)(N2CCc3ncc(Cl)cc3C2)N=C(N2CC[C@@H](F)C2)C1=N. The minimum Gasteiger partial charge on any atom is -0.352 e. The number of fused-ring (bicyclic) bond motifs is 1. The van der Waals surface area contributed by atoms with Crippen LogP contribution in [0.1, 0.15) is 37.9 Å². The smallest absolute Gasteiger partial charge is 0.147 e. The van der Waals surface area contributed by atoms with Gasteiger partial charge in [-0.3, -0.25) is 9.88 Å². The second-order valence-electron chi connectivity index (χ2n) is 7.93. The quantitative estimate of drug-likeness (QED) is 0.816. The molecule has 4 heterocycles. The van der Waals surface area contributed by atoms with Gasteiger partial charge in [0, 0.05) is 43.9 Å². The molecule has 140 valence electrons. The minimum absolute atomic E-state index is 0.102. The van der Waals surface area contributed by atoms with Crippen LogP contribution in [0, 0.1) is 11.3 Å². The molecular formula is C19H25ClFN5. The maximum absolute atomic E-state index is 13.7. The van der Waals surface area contributed by atoms with Crippen LogP contribution in [0.4, 0.5) is 4.39 Å². The van der Waals surface area contributed by atoms with Crippen molar-refractivity contribution in [1.82, 2.24) is 14.8 Å². The Morgan fingerprint density at radius 3 is 2.92 bits per heavy atom. The number of aliphatic imine (C=N–C) groups is 1. The summed E-state index contributed by atoms with van der Waals surface area (Å²) in [5, 5.41) is 9.13. The Morgan fingerprint density at radius 1 is 1.38 bits per heavy atom. The molecular weight excluding hydrogens is 353 g/mol. The second-order valence-corrected chi connectivity index (χ2v) is 8.37. The number of hydrogen-bond donors (Lipinski definition) is 1. The van der Waals surface area contributed by atoms with Gasteiger partial charge < -0.3 is 10.3 Å². The van der Waals surface area contributed by atoms with Gasteiger partial charge in [0.1, 0.15) is 17.7 Å². The van der Waals surface area contributed by atoms with Gasteiger partial charge in [-0.1, -0.05) is 18.5 Å². The third-order valence-electron chi connectivity index (χ3n) is 5.89. The number of nitrogens with zero attached hydrogens (tertiary/aromatic N) is 4. The lowest BCUT2D eigenvalue weighted by Gasteiger charge is -2.46. The molecule has 1 fully saturated rings. The first-order chi connectivity index (χ1) is 12.4. The van der Waals surface area contributed by atoms with Crippen molar-refractivity contribution in [3.63, 3.8) is 0 Å². The fourth-order valence-electron chi connectivity index (χ4n) is 4.40. The summed E-state index contributed by atoms with van der Waals surface area (Å²) in [6, 6.07) is 1.99. The molecule has 7 heteroatoms. The maximum Gasteiger partial charge on any atom is 0.147 e. The Labute approximate surface area is 158 Å². The predicted octanol–water partition coefficient (Wildman–Crippen LogP) is 3.31. The first-order valence-corrected chi connectivity index (χ1v) is 9.69. The number of amidine groups is 1. The number of pyridine rings is 1. The average molecular weight is 378 g/mol. The molecule has 0 aromatic carbocycles. The highest BCUT2D eigenvalue weighted by Gasteiger charge is 2.42.